The van der Waals surface area contributed by atoms with Crippen LogP contribution < -0.4 is 0 Å². The fourth-order valence-electron chi connectivity index (χ4n) is 2.93. The molecule has 0 radical (unpaired) electrons. The zero-order valence-electron chi connectivity index (χ0n) is 11.8. The van der Waals surface area contributed by atoms with Gasteiger partial charge >= 0.3 is 0 Å². The Labute approximate surface area is 129 Å². The summed E-state index contributed by atoms with van der Waals surface area (Å²) < 4.78 is 17.4. The summed E-state index contributed by atoms with van der Waals surface area (Å²) in [6.45, 7) is 1.88. The number of ether oxygens (including phenoxy) is 3. The fraction of sp³-hybridized carbons (Fsp3) is 0.562. The molecule has 5 heteroatoms. The van der Waals surface area contributed by atoms with Gasteiger partial charge in [-0.15, -0.1) is 0 Å². The third kappa shape index (κ3) is 3.38. The summed E-state index contributed by atoms with van der Waals surface area (Å²) in [5.41, 5.74) is 1.49. The van der Waals surface area contributed by atoms with Crippen LogP contribution in [0.1, 0.15) is 36.8 Å². The average molecular weight is 308 g/mol. The highest BCUT2D eigenvalue weighted by atomic mass is 35.5. The second-order valence-electron chi connectivity index (χ2n) is 5.54. The molecule has 0 amide bonds. The van der Waals surface area contributed by atoms with E-state index in [0.717, 1.165) is 31.2 Å². The lowest BCUT2D eigenvalue weighted by Gasteiger charge is -2.35. The van der Waals surface area contributed by atoms with E-state index in [2.05, 4.69) is 6.07 Å². The van der Waals surface area contributed by atoms with E-state index in [-0.39, 0.29) is 11.9 Å². The van der Waals surface area contributed by atoms with Crippen molar-refractivity contribution >= 4 is 11.6 Å². The molecular weight excluding hydrogens is 290 g/mol. The van der Waals surface area contributed by atoms with Crippen LogP contribution in [0.3, 0.4) is 0 Å². The largest absolute Gasteiger partial charge is 0.373 e. The van der Waals surface area contributed by atoms with Gasteiger partial charge in [0.25, 0.3) is 0 Å². The first-order valence-corrected chi connectivity index (χ1v) is 7.67. The third-order valence-electron chi connectivity index (χ3n) is 4.16. The summed E-state index contributed by atoms with van der Waals surface area (Å²) in [6, 6.07) is 7.37. The Bertz CT molecular complexity index is 539. The summed E-state index contributed by atoms with van der Waals surface area (Å²) in [4.78, 5) is 0. The molecule has 1 saturated carbocycles. The van der Waals surface area contributed by atoms with Crippen molar-refractivity contribution < 1.29 is 14.2 Å². The standard InChI is InChI=1S/C16H18ClNO3/c17-15-9-12(10-18)1-2-13(15)11-19-14-3-5-16(6-4-14)20-7-8-21-16/h1-2,9,14H,3-8,11H2. The molecular formula is C16H18ClNO3. The molecule has 0 aromatic heterocycles. The maximum atomic E-state index is 8.82. The van der Waals surface area contributed by atoms with Gasteiger partial charge in [-0.05, 0) is 30.5 Å². The molecule has 0 unspecified atom stereocenters. The Morgan fingerprint density at radius 1 is 1.29 bits per heavy atom. The quantitative estimate of drug-likeness (QED) is 0.858. The summed E-state index contributed by atoms with van der Waals surface area (Å²) in [7, 11) is 0. The van der Waals surface area contributed by atoms with Crippen LogP contribution in [-0.2, 0) is 20.8 Å². The van der Waals surface area contributed by atoms with Crippen LogP contribution in [0.5, 0.6) is 0 Å². The van der Waals surface area contributed by atoms with E-state index >= 15 is 0 Å². The topological polar surface area (TPSA) is 51.5 Å². The summed E-state index contributed by atoms with van der Waals surface area (Å²) >= 11 is 6.15. The lowest BCUT2D eigenvalue weighted by molar-refractivity contribution is -0.192. The van der Waals surface area contributed by atoms with Crippen molar-refractivity contribution in [3.63, 3.8) is 0 Å². The Morgan fingerprint density at radius 3 is 2.62 bits per heavy atom. The lowest BCUT2D eigenvalue weighted by Crippen LogP contribution is -2.37. The van der Waals surface area contributed by atoms with Crippen molar-refractivity contribution in [1.82, 2.24) is 0 Å². The van der Waals surface area contributed by atoms with Crippen LogP contribution >= 0.6 is 11.6 Å². The highest BCUT2D eigenvalue weighted by Crippen LogP contribution is 2.37. The van der Waals surface area contributed by atoms with E-state index in [1.54, 1.807) is 12.1 Å². The Hall–Kier alpha value is -1.12. The first-order chi connectivity index (χ1) is 10.2. The van der Waals surface area contributed by atoms with Crippen LogP contribution in [0, 0.1) is 11.3 Å². The minimum absolute atomic E-state index is 0.218. The van der Waals surface area contributed by atoms with Gasteiger partial charge in [-0.3, -0.25) is 0 Å². The Balaban J connectivity index is 1.51. The van der Waals surface area contributed by atoms with Gasteiger partial charge in [0.2, 0.25) is 0 Å². The molecule has 1 aliphatic heterocycles. The van der Waals surface area contributed by atoms with Crippen molar-refractivity contribution in [3.8, 4) is 6.07 Å². The molecule has 3 rings (SSSR count). The lowest BCUT2D eigenvalue weighted by atomic mass is 9.92. The minimum atomic E-state index is -0.341. The molecule has 0 bridgehead atoms. The Kier molecular flexibility index (Phi) is 4.46. The van der Waals surface area contributed by atoms with Crippen LogP contribution in [0.2, 0.25) is 5.02 Å². The minimum Gasteiger partial charge on any atom is -0.373 e. The van der Waals surface area contributed by atoms with Gasteiger partial charge in [-0.1, -0.05) is 17.7 Å². The average Bonchev–Trinajstić information content (AvgIpc) is 2.96. The summed E-state index contributed by atoms with van der Waals surface area (Å²) in [5.74, 6) is -0.341. The van der Waals surface area contributed by atoms with Crippen molar-refractivity contribution in [2.45, 2.75) is 44.2 Å². The predicted molar refractivity (Wildman–Crippen MR) is 77.8 cm³/mol. The van der Waals surface area contributed by atoms with Crippen molar-refractivity contribution in [2.24, 2.45) is 0 Å². The molecule has 0 N–H and O–H groups in total. The van der Waals surface area contributed by atoms with Crippen LogP contribution in [0.4, 0.5) is 0 Å². The maximum Gasteiger partial charge on any atom is 0.168 e. The first kappa shape index (κ1) is 14.8. The molecule has 4 nitrogen and oxygen atoms in total. The smallest absolute Gasteiger partial charge is 0.168 e. The van der Waals surface area contributed by atoms with Gasteiger partial charge < -0.3 is 14.2 Å². The predicted octanol–water partition coefficient (Wildman–Crippen LogP) is 3.41. The van der Waals surface area contributed by atoms with E-state index < -0.39 is 0 Å². The van der Waals surface area contributed by atoms with E-state index in [0.29, 0.717) is 30.4 Å². The molecule has 1 saturated heterocycles. The number of nitrogens with zero attached hydrogens (tertiary/aromatic N) is 1. The normalized spacial score (nSPS) is 21.5. The van der Waals surface area contributed by atoms with E-state index in [1.165, 1.54) is 0 Å². The number of nitriles is 1. The molecule has 2 aliphatic rings. The van der Waals surface area contributed by atoms with Gasteiger partial charge in [0.05, 0.1) is 37.6 Å². The molecule has 1 spiro atoms. The highest BCUT2D eigenvalue weighted by molar-refractivity contribution is 6.31. The Morgan fingerprint density at radius 2 is 2.00 bits per heavy atom. The highest BCUT2D eigenvalue weighted by Gasteiger charge is 2.40. The van der Waals surface area contributed by atoms with Gasteiger partial charge in [-0.25, -0.2) is 0 Å². The second kappa shape index (κ2) is 6.33. The molecule has 112 valence electrons. The van der Waals surface area contributed by atoms with Crippen LogP contribution in [-0.4, -0.2) is 25.1 Å². The zero-order chi connectivity index (χ0) is 14.7. The molecule has 21 heavy (non-hydrogen) atoms. The molecule has 2 fully saturated rings. The van der Waals surface area contributed by atoms with Gasteiger partial charge in [0.1, 0.15) is 0 Å². The molecule has 1 aromatic carbocycles. The van der Waals surface area contributed by atoms with Gasteiger partial charge in [0.15, 0.2) is 5.79 Å². The second-order valence-corrected chi connectivity index (χ2v) is 5.94. The van der Waals surface area contributed by atoms with Gasteiger partial charge in [0, 0.05) is 17.9 Å². The van der Waals surface area contributed by atoms with Crippen molar-refractivity contribution in [3.05, 3.63) is 34.3 Å². The number of hydrogen-bond donors (Lipinski definition) is 0. The molecule has 1 heterocycles. The molecule has 1 aromatic rings. The summed E-state index contributed by atoms with van der Waals surface area (Å²) in [6.07, 6.45) is 3.87. The van der Waals surface area contributed by atoms with Gasteiger partial charge in [-0.2, -0.15) is 5.26 Å². The van der Waals surface area contributed by atoms with Crippen LogP contribution in [0.15, 0.2) is 18.2 Å². The number of benzene rings is 1. The van der Waals surface area contributed by atoms with Crippen molar-refractivity contribution in [1.29, 1.82) is 5.26 Å². The van der Waals surface area contributed by atoms with Crippen LogP contribution in [0.25, 0.3) is 0 Å². The first-order valence-electron chi connectivity index (χ1n) is 7.29. The molecule has 0 atom stereocenters. The third-order valence-corrected chi connectivity index (χ3v) is 4.52. The van der Waals surface area contributed by atoms with E-state index in [4.69, 9.17) is 31.1 Å². The zero-order valence-corrected chi connectivity index (χ0v) is 12.6. The SMILES string of the molecule is N#Cc1ccc(COC2CCC3(CC2)OCCO3)c(Cl)c1. The monoisotopic (exact) mass is 307 g/mol. The number of halogens is 1. The van der Waals surface area contributed by atoms with E-state index in [9.17, 15) is 0 Å². The number of rotatable bonds is 3. The van der Waals surface area contributed by atoms with E-state index in [1.807, 2.05) is 6.07 Å². The summed E-state index contributed by atoms with van der Waals surface area (Å²) in [5, 5.41) is 9.41. The number of hydrogen-bond acceptors (Lipinski definition) is 4. The van der Waals surface area contributed by atoms with Crippen molar-refractivity contribution in [2.75, 3.05) is 13.2 Å². The maximum absolute atomic E-state index is 8.82. The molecule has 1 aliphatic carbocycles. The fourth-order valence-corrected chi connectivity index (χ4v) is 3.16.